The highest BCUT2D eigenvalue weighted by molar-refractivity contribution is 5.88. The molecule has 1 N–H and O–H groups in total. The zero-order chi connectivity index (χ0) is 22.2. The Morgan fingerprint density at radius 2 is 1.84 bits per heavy atom. The topological polar surface area (TPSA) is 58.6 Å². The molecule has 5 heteroatoms. The van der Waals surface area contributed by atoms with Gasteiger partial charge in [-0.1, -0.05) is 55.7 Å². The minimum absolute atomic E-state index is 0.0524. The number of ether oxygens (including phenoxy) is 1. The number of amides is 2. The second-order valence-corrected chi connectivity index (χ2v) is 8.50. The van der Waals surface area contributed by atoms with Gasteiger partial charge in [0.2, 0.25) is 11.8 Å². The summed E-state index contributed by atoms with van der Waals surface area (Å²) >= 11 is 0. The maximum Gasteiger partial charge on any atom is 0.242 e. The molecular weight excluding hydrogens is 388 g/mol. The Labute approximate surface area is 185 Å². The van der Waals surface area contributed by atoms with Crippen LogP contribution in [0.15, 0.2) is 48.5 Å². The van der Waals surface area contributed by atoms with E-state index < -0.39 is 6.04 Å². The maximum atomic E-state index is 13.4. The summed E-state index contributed by atoms with van der Waals surface area (Å²) in [4.78, 5) is 28.1. The van der Waals surface area contributed by atoms with Crippen molar-refractivity contribution in [3.8, 4) is 5.75 Å². The van der Waals surface area contributed by atoms with E-state index in [1.54, 1.807) is 12.0 Å². The minimum Gasteiger partial charge on any atom is -0.497 e. The number of carbonyl (C=O) groups is 2. The predicted octanol–water partition coefficient (Wildman–Crippen LogP) is 4.41. The largest absolute Gasteiger partial charge is 0.497 e. The van der Waals surface area contributed by atoms with Gasteiger partial charge in [0.15, 0.2) is 0 Å². The van der Waals surface area contributed by atoms with Gasteiger partial charge in [-0.3, -0.25) is 9.59 Å². The Morgan fingerprint density at radius 1 is 1.10 bits per heavy atom. The summed E-state index contributed by atoms with van der Waals surface area (Å²) in [6.07, 6.45) is 5.85. The van der Waals surface area contributed by atoms with Crippen LogP contribution in [-0.4, -0.2) is 35.9 Å². The van der Waals surface area contributed by atoms with Crippen LogP contribution >= 0.6 is 0 Å². The number of carbonyl (C=O) groups excluding carboxylic acids is 2. The molecule has 0 radical (unpaired) electrons. The lowest BCUT2D eigenvalue weighted by Crippen LogP contribution is -2.50. The zero-order valence-corrected chi connectivity index (χ0v) is 18.9. The maximum absolute atomic E-state index is 13.4. The smallest absolute Gasteiger partial charge is 0.242 e. The van der Waals surface area contributed by atoms with Crippen molar-refractivity contribution in [2.45, 2.75) is 71.0 Å². The van der Waals surface area contributed by atoms with E-state index in [4.69, 9.17) is 4.74 Å². The van der Waals surface area contributed by atoms with Crippen LogP contribution in [0.4, 0.5) is 0 Å². The number of benzene rings is 2. The SMILES string of the molecule is COc1cccc(CN(C(=O)Cc2ccccc2C)[C@H](C)C(=O)NC2CCCCC2)c1. The van der Waals surface area contributed by atoms with E-state index in [1.165, 1.54) is 6.42 Å². The first kappa shape index (κ1) is 22.9. The van der Waals surface area contributed by atoms with E-state index in [0.717, 1.165) is 48.1 Å². The average molecular weight is 423 g/mol. The highest BCUT2D eigenvalue weighted by Gasteiger charge is 2.28. The zero-order valence-electron chi connectivity index (χ0n) is 18.9. The normalized spacial score (nSPS) is 15.2. The van der Waals surface area contributed by atoms with Crippen molar-refractivity contribution in [1.29, 1.82) is 0 Å². The van der Waals surface area contributed by atoms with Crippen molar-refractivity contribution in [2.75, 3.05) is 7.11 Å². The molecule has 2 aromatic carbocycles. The van der Waals surface area contributed by atoms with Crippen LogP contribution in [0, 0.1) is 6.92 Å². The molecule has 0 unspecified atom stereocenters. The number of hydrogen-bond donors (Lipinski definition) is 1. The fourth-order valence-corrected chi connectivity index (χ4v) is 4.19. The third-order valence-corrected chi connectivity index (χ3v) is 6.21. The molecule has 0 saturated heterocycles. The summed E-state index contributed by atoms with van der Waals surface area (Å²) in [5.41, 5.74) is 3.01. The molecule has 2 amide bonds. The summed E-state index contributed by atoms with van der Waals surface area (Å²) < 4.78 is 5.33. The lowest BCUT2D eigenvalue weighted by molar-refractivity contribution is -0.140. The van der Waals surface area contributed by atoms with Gasteiger partial charge in [-0.25, -0.2) is 0 Å². The molecule has 3 rings (SSSR count). The first-order valence-electron chi connectivity index (χ1n) is 11.2. The van der Waals surface area contributed by atoms with Crippen molar-refractivity contribution < 1.29 is 14.3 Å². The summed E-state index contributed by atoms with van der Waals surface area (Å²) in [7, 11) is 1.63. The number of nitrogens with one attached hydrogen (secondary N) is 1. The van der Waals surface area contributed by atoms with Gasteiger partial charge in [-0.2, -0.15) is 0 Å². The summed E-state index contributed by atoms with van der Waals surface area (Å²) in [6.45, 7) is 4.20. The minimum atomic E-state index is -0.551. The van der Waals surface area contributed by atoms with Gasteiger partial charge >= 0.3 is 0 Å². The number of aryl methyl sites for hydroxylation is 1. The standard InChI is InChI=1S/C26H34N2O3/c1-19-10-7-8-12-22(19)17-25(29)28(18-21-11-9-15-24(16-21)31-3)20(2)26(30)27-23-13-5-4-6-14-23/h7-12,15-16,20,23H,4-6,13-14,17-18H2,1-3H3,(H,27,30)/t20-/m1/s1. The third-order valence-electron chi connectivity index (χ3n) is 6.21. The van der Waals surface area contributed by atoms with Crippen LogP contribution in [0.3, 0.4) is 0 Å². The number of nitrogens with zero attached hydrogens (tertiary/aromatic N) is 1. The van der Waals surface area contributed by atoms with Crippen LogP contribution < -0.4 is 10.1 Å². The van der Waals surface area contributed by atoms with Crippen LogP contribution in [0.2, 0.25) is 0 Å². The Morgan fingerprint density at radius 3 is 2.55 bits per heavy atom. The highest BCUT2D eigenvalue weighted by Crippen LogP contribution is 2.20. The van der Waals surface area contributed by atoms with E-state index in [9.17, 15) is 9.59 Å². The second kappa shape index (κ2) is 11.0. The van der Waals surface area contributed by atoms with Gasteiger partial charge in [0, 0.05) is 12.6 Å². The van der Waals surface area contributed by atoms with Crippen molar-refractivity contribution in [3.05, 3.63) is 65.2 Å². The molecule has 0 heterocycles. The molecule has 0 aromatic heterocycles. The highest BCUT2D eigenvalue weighted by atomic mass is 16.5. The monoisotopic (exact) mass is 422 g/mol. The number of hydrogen-bond acceptors (Lipinski definition) is 3. The molecular formula is C26H34N2O3. The average Bonchev–Trinajstić information content (AvgIpc) is 2.79. The van der Waals surface area contributed by atoms with Gasteiger partial charge in [0.1, 0.15) is 11.8 Å². The van der Waals surface area contributed by atoms with Gasteiger partial charge in [0.25, 0.3) is 0 Å². The predicted molar refractivity (Wildman–Crippen MR) is 123 cm³/mol. The van der Waals surface area contributed by atoms with Gasteiger partial charge in [-0.15, -0.1) is 0 Å². The molecule has 1 aliphatic carbocycles. The third kappa shape index (κ3) is 6.33. The molecule has 1 aliphatic rings. The van der Waals surface area contributed by atoms with Crippen molar-refractivity contribution in [3.63, 3.8) is 0 Å². The van der Waals surface area contributed by atoms with Gasteiger partial charge < -0.3 is 15.0 Å². The lowest BCUT2D eigenvalue weighted by atomic mass is 9.95. The summed E-state index contributed by atoms with van der Waals surface area (Å²) in [5.74, 6) is 0.611. The Bertz CT molecular complexity index is 890. The Hall–Kier alpha value is -2.82. The van der Waals surface area contributed by atoms with Crippen LogP contribution in [0.1, 0.15) is 55.7 Å². The number of methoxy groups -OCH3 is 1. The molecule has 1 saturated carbocycles. The number of rotatable bonds is 8. The first-order valence-corrected chi connectivity index (χ1v) is 11.2. The van der Waals surface area contributed by atoms with E-state index in [1.807, 2.05) is 62.4 Å². The van der Waals surface area contributed by atoms with E-state index in [0.29, 0.717) is 6.54 Å². The van der Waals surface area contributed by atoms with E-state index >= 15 is 0 Å². The molecule has 1 fully saturated rings. The molecule has 0 spiro atoms. The fourth-order valence-electron chi connectivity index (χ4n) is 4.19. The van der Waals surface area contributed by atoms with E-state index in [-0.39, 0.29) is 24.3 Å². The van der Waals surface area contributed by atoms with Crippen LogP contribution in [-0.2, 0) is 22.6 Å². The van der Waals surface area contributed by atoms with Crippen molar-refractivity contribution >= 4 is 11.8 Å². The van der Waals surface area contributed by atoms with Crippen molar-refractivity contribution in [1.82, 2.24) is 10.2 Å². The molecule has 2 aromatic rings. The fraction of sp³-hybridized carbons (Fsp3) is 0.462. The molecule has 0 bridgehead atoms. The molecule has 0 aliphatic heterocycles. The first-order chi connectivity index (χ1) is 15.0. The van der Waals surface area contributed by atoms with Gasteiger partial charge in [-0.05, 0) is 55.5 Å². The molecule has 31 heavy (non-hydrogen) atoms. The van der Waals surface area contributed by atoms with Crippen molar-refractivity contribution in [2.24, 2.45) is 0 Å². The van der Waals surface area contributed by atoms with E-state index in [2.05, 4.69) is 5.32 Å². The van der Waals surface area contributed by atoms with Gasteiger partial charge in [0.05, 0.1) is 13.5 Å². The van der Waals surface area contributed by atoms with Crippen LogP contribution in [0.5, 0.6) is 5.75 Å². The second-order valence-electron chi connectivity index (χ2n) is 8.50. The Balaban J connectivity index is 1.78. The molecule has 5 nitrogen and oxygen atoms in total. The Kier molecular flexibility index (Phi) is 8.10. The lowest BCUT2D eigenvalue weighted by Gasteiger charge is -2.31. The molecule has 166 valence electrons. The quantitative estimate of drug-likeness (QED) is 0.685. The summed E-state index contributed by atoms with van der Waals surface area (Å²) in [6, 6.07) is 15.2. The summed E-state index contributed by atoms with van der Waals surface area (Å²) in [5, 5.41) is 3.18. The van der Waals surface area contributed by atoms with Crippen LogP contribution in [0.25, 0.3) is 0 Å². The molecule has 1 atom stereocenters.